The lowest BCUT2D eigenvalue weighted by Gasteiger charge is -2.50. The summed E-state index contributed by atoms with van der Waals surface area (Å²) in [5, 5.41) is 31.2. The van der Waals surface area contributed by atoms with Crippen molar-refractivity contribution < 1.29 is 48.1 Å². The van der Waals surface area contributed by atoms with Crippen molar-refractivity contribution in [1.82, 2.24) is 5.01 Å². The predicted octanol–water partition coefficient (Wildman–Crippen LogP) is 5.92. The van der Waals surface area contributed by atoms with Gasteiger partial charge in [0.15, 0.2) is 11.6 Å². The zero-order valence-electron chi connectivity index (χ0n) is 27.4. The molecule has 4 amide bonds. The molecule has 0 bridgehead atoms. The number of phenols is 2. The Labute approximate surface area is 304 Å². The smallest absolute Gasteiger partial charge is 0.339 e. The molecular formula is C39H28ClF2N3O8. The average Bonchev–Trinajstić information content (AvgIpc) is 3.51. The Balaban J connectivity index is 1.30. The van der Waals surface area contributed by atoms with E-state index in [-0.39, 0.29) is 29.8 Å². The van der Waals surface area contributed by atoms with Crippen molar-refractivity contribution in [3.05, 3.63) is 130 Å². The Morgan fingerprint density at radius 2 is 1.55 bits per heavy atom. The molecule has 0 unspecified atom stereocenters. The lowest BCUT2D eigenvalue weighted by atomic mass is 9.49. The molecule has 53 heavy (non-hydrogen) atoms. The van der Waals surface area contributed by atoms with Crippen LogP contribution >= 0.6 is 11.6 Å². The molecule has 3 fully saturated rings. The molecule has 4 N–H and O–H groups in total. The second-order valence-electron chi connectivity index (χ2n) is 13.6. The number of fused-ring (bicyclic) bond motifs is 4. The van der Waals surface area contributed by atoms with Gasteiger partial charge in [-0.15, -0.1) is 0 Å². The minimum absolute atomic E-state index is 0.0366. The molecule has 0 aromatic heterocycles. The van der Waals surface area contributed by atoms with Crippen molar-refractivity contribution in [2.45, 2.75) is 24.2 Å². The first-order valence-corrected chi connectivity index (χ1v) is 17.0. The van der Waals surface area contributed by atoms with E-state index in [1.807, 2.05) is 0 Å². The van der Waals surface area contributed by atoms with Crippen LogP contribution in [0.25, 0.3) is 0 Å². The monoisotopic (exact) mass is 739 g/mol. The van der Waals surface area contributed by atoms with Gasteiger partial charge in [0.25, 0.3) is 11.8 Å². The molecule has 4 aromatic rings. The molecular weight excluding hydrogens is 712 g/mol. The number of anilines is 2. The van der Waals surface area contributed by atoms with Gasteiger partial charge < -0.3 is 15.3 Å². The van der Waals surface area contributed by atoms with E-state index in [9.17, 15) is 38.9 Å². The number of hydrogen-bond donors (Lipinski definition) is 4. The zero-order valence-corrected chi connectivity index (χ0v) is 28.1. The third-order valence-electron chi connectivity index (χ3n) is 11.0. The Bertz CT molecular complexity index is 2300. The number of nitrogens with one attached hydrogen (secondary N) is 1. The fourth-order valence-corrected chi connectivity index (χ4v) is 8.95. The normalized spacial score (nSPS) is 26.2. The number of aromatic carboxylic acids is 1. The number of aromatic hydroxyl groups is 2. The molecule has 2 aliphatic heterocycles. The molecule has 11 nitrogen and oxygen atoms in total. The predicted molar refractivity (Wildman–Crippen MR) is 185 cm³/mol. The quantitative estimate of drug-likeness (QED) is 0.139. The van der Waals surface area contributed by atoms with Crippen LogP contribution < -0.4 is 10.3 Å². The summed E-state index contributed by atoms with van der Waals surface area (Å²) in [4.78, 5) is 70.5. The van der Waals surface area contributed by atoms with Crippen LogP contribution in [0.5, 0.6) is 11.5 Å². The van der Waals surface area contributed by atoms with Gasteiger partial charge in [0.05, 0.1) is 34.5 Å². The number of carboxylic acid groups (broad SMARTS) is 1. The fraction of sp³-hybridized carbons (Fsp3) is 0.205. The number of halogens is 3. The van der Waals surface area contributed by atoms with E-state index < -0.39 is 93.3 Å². The third kappa shape index (κ3) is 5.01. The van der Waals surface area contributed by atoms with E-state index in [4.69, 9.17) is 11.6 Å². The van der Waals surface area contributed by atoms with Crippen molar-refractivity contribution in [3.8, 4) is 11.5 Å². The standard InChI is InChI=1S/C39H28ClF2N3O8/c40-20-4-2-19(3-5-20)39-28(35(49)45(38(39)53)43-22-8-6-21(41)7-9-22)17-27-24(33(39)18-1-14-30(46)29(42)15-18)12-13-26-32(27)36(50)44(34(26)48)23-10-11-25(37(51)52)31(47)16-23/h1-12,14-16,26-28,32-33,43,46-47H,13,17H2,(H,51,52)/t26-,27+,28-,32-,33-,39+/m0/s1. The second-order valence-corrected chi connectivity index (χ2v) is 14.0. The summed E-state index contributed by atoms with van der Waals surface area (Å²) in [7, 11) is 0. The fourth-order valence-electron chi connectivity index (χ4n) is 8.83. The van der Waals surface area contributed by atoms with Crippen molar-refractivity contribution in [1.29, 1.82) is 0 Å². The van der Waals surface area contributed by atoms with Gasteiger partial charge in [-0.05, 0) is 90.6 Å². The van der Waals surface area contributed by atoms with Gasteiger partial charge in [-0.2, -0.15) is 5.01 Å². The third-order valence-corrected chi connectivity index (χ3v) is 11.3. The van der Waals surface area contributed by atoms with Crippen molar-refractivity contribution in [2.24, 2.45) is 23.7 Å². The lowest BCUT2D eigenvalue weighted by Crippen LogP contribution is -2.53. The highest BCUT2D eigenvalue weighted by Gasteiger charge is 2.70. The summed E-state index contributed by atoms with van der Waals surface area (Å²) in [5.74, 6) is -11.9. The Morgan fingerprint density at radius 1 is 0.830 bits per heavy atom. The number of carbonyl (C=O) groups excluding carboxylic acids is 4. The molecule has 4 aromatic carbocycles. The number of hydrogen-bond acceptors (Lipinski definition) is 8. The molecule has 4 aliphatic rings. The summed E-state index contributed by atoms with van der Waals surface area (Å²) < 4.78 is 29.1. The SMILES string of the molecule is O=C(O)c1ccc(N2C(=O)[C@H]3[C@H](CC=C4[C@H]3C[C@H]3C(=O)N(Nc5ccc(F)cc5)C(=O)[C@@]3(c3ccc(Cl)cc3)[C@H]4c3ccc(O)c(F)c3)C2=O)cc1O. The van der Waals surface area contributed by atoms with Crippen LogP contribution in [0.2, 0.25) is 5.02 Å². The highest BCUT2D eigenvalue weighted by molar-refractivity contribution is 6.30. The molecule has 268 valence electrons. The van der Waals surface area contributed by atoms with Gasteiger partial charge >= 0.3 is 5.97 Å². The van der Waals surface area contributed by atoms with E-state index in [1.165, 1.54) is 24.3 Å². The molecule has 6 atom stereocenters. The summed E-state index contributed by atoms with van der Waals surface area (Å²) in [6.45, 7) is 0. The van der Waals surface area contributed by atoms with Crippen LogP contribution in [-0.4, -0.2) is 49.9 Å². The first-order valence-electron chi connectivity index (χ1n) is 16.6. The van der Waals surface area contributed by atoms with E-state index in [2.05, 4.69) is 5.43 Å². The number of benzene rings is 4. The Kier molecular flexibility index (Phi) is 7.87. The highest BCUT2D eigenvalue weighted by Crippen LogP contribution is 2.64. The number of rotatable bonds is 6. The number of allylic oxidation sites excluding steroid dienone is 2. The first-order chi connectivity index (χ1) is 25.3. The number of imide groups is 2. The minimum atomic E-state index is -1.75. The van der Waals surface area contributed by atoms with Crippen molar-refractivity contribution in [3.63, 3.8) is 0 Å². The van der Waals surface area contributed by atoms with Crippen LogP contribution in [0.4, 0.5) is 20.2 Å². The maximum atomic E-state index is 15.3. The van der Waals surface area contributed by atoms with Gasteiger partial charge in [-0.25, -0.2) is 18.5 Å². The van der Waals surface area contributed by atoms with Gasteiger partial charge in [0.1, 0.15) is 17.1 Å². The summed E-state index contributed by atoms with van der Waals surface area (Å²) >= 11 is 6.28. The second kappa shape index (κ2) is 12.3. The maximum Gasteiger partial charge on any atom is 0.339 e. The number of hydrazine groups is 1. The van der Waals surface area contributed by atoms with Crippen molar-refractivity contribution in [2.75, 3.05) is 10.3 Å². The molecule has 0 spiro atoms. The van der Waals surface area contributed by atoms with Gasteiger partial charge in [0.2, 0.25) is 11.8 Å². The number of phenolic OH excluding ortho intramolecular Hbond substituents is 1. The van der Waals surface area contributed by atoms with Crippen LogP contribution in [0.1, 0.15) is 40.2 Å². The van der Waals surface area contributed by atoms with Crippen LogP contribution in [0, 0.1) is 35.3 Å². The van der Waals surface area contributed by atoms with Crippen LogP contribution in [0.15, 0.2) is 96.6 Å². The van der Waals surface area contributed by atoms with E-state index in [0.29, 0.717) is 16.2 Å². The molecule has 8 rings (SSSR count). The van der Waals surface area contributed by atoms with Gasteiger partial charge in [-0.3, -0.25) is 24.6 Å². The number of nitrogens with zero attached hydrogens (tertiary/aromatic N) is 2. The van der Waals surface area contributed by atoms with Gasteiger partial charge in [-0.1, -0.05) is 41.4 Å². The molecule has 2 saturated heterocycles. The summed E-state index contributed by atoms with van der Waals surface area (Å²) in [5.41, 5.74) is 1.95. The maximum absolute atomic E-state index is 15.3. The van der Waals surface area contributed by atoms with E-state index in [1.54, 1.807) is 30.3 Å². The summed E-state index contributed by atoms with van der Waals surface area (Å²) in [6, 6.07) is 18.4. The molecule has 2 heterocycles. The highest BCUT2D eigenvalue weighted by atomic mass is 35.5. The van der Waals surface area contributed by atoms with Crippen LogP contribution in [0.3, 0.4) is 0 Å². The largest absolute Gasteiger partial charge is 0.507 e. The van der Waals surface area contributed by atoms with Gasteiger partial charge in [0, 0.05) is 17.0 Å². The molecule has 1 saturated carbocycles. The zero-order chi connectivity index (χ0) is 37.5. The molecule has 0 radical (unpaired) electrons. The average molecular weight is 740 g/mol. The first kappa shape index (κ1) is 34.0. The number of amides is 4. The van der Waals surface area contributed by atoms with E-state index in [0.717, 1.165) is 46.3 Å². The number of carbonyl (C=O) groups is 5. The Hall–Kier alpha value is -6.08. The Morgan fingerprint density at radius 3 is 2.21 bits per heavy atom. The lowest BCUT2D eigenvalue weighted by molar-refractivity contribution is -0.138. The van der Waals surface area contributed by atoms with Crippen molar-refractivity contribution >= 4 is 52.6 Å². The minimum Gasteiger partial charge on any atom is -0.507 e. The van der Waals surface area contributed by atoms with Crippen LogP contribution in [-0.2, 0) is 24.6 Å². The number of carboxylic acids is 1. The summed E-state index contributed by atoms with van der Waals surface area (Å²) in [6.07, 6.45) is 1.70. The molecule has 2 aliphatic carbocycles. The van der Waals surface area contributed by atoms with E-state index >= 15 is 9.18 Å². The molecule has 14 heteroatoms. The topological polar surface area (TPSA) is 165 Å².